The molecule has 2 rings (SSSR count). The van der Waals surface area contributed by atoms with E-state index < -0.39 is 0 Å². The largest absolute Gasteiger partial charge is 0.316 e. The maximum Gasteiger partial charge on any atom is 0.0235 e. The van der Waals surface area contributed by atoms with Gasteiger partial charge in [0.15, 0.2) is 0 Å². The van der Waals surface area contributed by atoms with E-state index in [4.69, 9.17) is 11.6 Å². The Balaban J connectivity index is 2.00. The van der Waals surface area contributed by atoms with Crippen LogP contribution in [0.5, 0.6) is 0 Å². The second-order valence-corrected chi connectivity index (χ2v) is 6.32. The van der Waals surface area contributed by atoms with Gasteiger partial charge in [0.05, 0.1) is 0 Å². The number of halogens is 1. The fraction of sp³-hybridized carbons (Fsp3) is 0.625. The lowest BCUT2D eigenvalue weighted by atomic mass is 9.83. The SMILES string of the molecule is CC(C)(CNCCCCl)c1ccc2c(c1)CCC2. The molecule has 0 fully saturated rings. The summed E-state index contributed by atoms with van der Waals surface area (Å²) in [7, 11) is 0. The number of aryl methyl sites for hydroxylation is 2. The topological polar surface area (TPSA) is 12.0 Å². The van der Waals surface area contributed by atoms with E-state index >= 15 is 0 Å². The highest BCUT2D eigenvalue weighted by atomic mass is 35.5. The molecule has 2 heteroatoms. The highest BCUT2D eigenvalue weighted by Crippen LogP contribution is 2.29. The van der Waals surface area contributed by atoms with Gasteiger partial charge in [0.2, 0.25) is 0 Å². The Labute approximate surface area is 116 Å². The van der Waals surface area contributed by atoms with Crippen LogP contribution in [0.3, 0.4) is 0 Å². The molecule has 0 bridgehead atoms. The lowest BCUT2D eigenvalue weighted by Crippen LogP contribution is -2.33. The average molecular weight is 266 g/mol. The molecule has 1 aromatic rings. The van der Waals surface area contributed by atoms with E-state index in [1.165, 1.54) is 24.8 Å². The van der Waals surface area contributed by atoms with Crippen LogP contribution in [0.2, 0.25) is 0 Å². The molecule has 1 nitrogen and oxygen atoms in total. The molecule has 18 heavy (non-hydrogen) atoms. The van der Waals surface area contributed by atoms with Crippen molar-refractivity contribution in [2.24, 2.45) is 0 Å². The second-order valence-electron chi connectivity index (χ2n) is 5.94. The van der Waals surface area contributed by atoms with Gasteiger partial charge in [-0.1, -0.05) is 32.0 Å². The number of fused-ring (bicyclic) bond motifs is 1. The number of hydrogen-bond donors (Lipinski definition) is 1. The summed E-state index contributed by atoms with van der Waals surface area (Å²) in [5.41, 5.74) is 4.79. The molecule has 0 saturated carbocycles. The van der Waals surface area contributed by atoms with Gasteiger partial charge >= 0.3 is 0 Å². The molecule has 100 valence electrons. The minimum Gasteiger partial charge on any atom is -0.316 e. The van der Waals surface area contributed by atoms with Crippen LogP contribution >= 0.6 is 11.6 Å². The molecular weight excluding hydrogens is 242 g/mol. The lowest BCUT2D eigenvalue weighted by molar-refractivity contribution is 0.469. The highest BCUT2D eigenvalue weighted by molar-refractivity contribution is 6.17. The van der Waals surface area contributed by atoms with E-state index in [1.54, 1.807) is 11.1 Å². The third-order valence-corrected chi connectivity index (χ3v) is 4.20. The van der Waals surface area contributed by atoms with Gasteiger partial charge in [0.1, 0.15) is 0 Å². The maximum atomic E-state index is 5.69. The average Bonchev–Trinajstić information content (AvgIpc) is 2.82. The molecule has 1 N–H and O–H groups in total. The Morgan fingerprint density at radius 1 is 1.22 bits per heavy atom. The van der Waals surface area contributed by atoms with E-state index in [1.807, 2.05) is 0 Å². The Morgan fingerprint density at radius 2 is 2.00 bits per heavy atom. The summed E-state index contributed by atoms with van der Waals surface area (Å²) in [6, 6.07) is 7.07. The first kappa shape index (κ1) is 13.9. The van der Waals surface area contributed by atoms with Gasteiger partial charge in [-0.15, -0.1) is 11.6 Å². The molecule has 1 aromatic carbocycles. The molecule has 0 unspecified atom stereocenters. The van der Waals surface area contributed by atoms with Crippen molar-refractivity contribution in [2.75, 3.05) is 19.0 Å². The first-order valence-corrected chi connectivity index (χ1v) is 7.56. The number of alkyl halides is 1. The van der Waals surface area contributed by atoms with Crippen LogP contribution in [-0.4, -0.2) is 19.0 Å². The highest BCUT2D eigenvalue weighted by Gasteiger charge is 2.22. The van der Waals surface area contributed by atoms with E-state index in [9.17, 15) is 0 Å². The molecular formula is C16H24ClN. The van der Waals surface area contributed by atoms with Crippen LogP contribution < -0.4 is 5.32 Å². The first-order valence-electron chi connectivity index (χ1n) is 7.02. The summed E-state index contributed by atoms with van der Waals surface area (Å²) in [4.78, 5) is 0. The van der Waals surface area contributed by atoms with Crippen molar-refractivity contribution < 1.29 is 0 Å². The molecule has 0 saturated heterocycles. The second kappa shape index (κ2) is 6.08. The summed E-state index contributed by atoms with van der Waals surface area (Å²) in [6.45, 7) is 6.66. The van der Waals surface area contributed by atoms with Crippen LogP contribution in [0.25, 0.3) is 0 Å². The van der Waals surface area contributed by atoms with Crippen LogP contribution in [0.15, 0.2) is 18.2 Å². The number of benzene rings is 1. The molecule has 1 aliphatic rings. The van der Waals surface area contributed by atoms with E-state index in [0.29, 0.717) is 0 Å². The van der Waals surface area contributed by atoms with Crippen molar-refractivity contribution in [3.05, 3.63) is 34.9 Å². The van der Waals surface area contributed by atoms with Gasteiger partial charge in [-0.25, -0.2) is 0 Å². The van der Waals surface area contributed by atoms with Crippen molar-refractivity contribution in [3.63, 3.8) is 0 Å². The third kappa shape index (κ3) is 3.27. The predicted octanol–water partition coefficient (Wildman–Crippen LogP) is 3.67. The zero-order chi connectivity index (χ0) is 13.0. The zero-order valence-corrected chi connectivity index (χ0v) is 12.3. The van der Waals surface area contributed by atoms with Crippen LogP contribution in [0, 0.1) is 0 Å². The van der Waals surface area contributed by atoms with Crippen LogP contribution in [0.1, 0.15) is 43.4 Å². The molecule has 0 radical (unpaired) electrons. The first-order chi connectivity index (χ1) is 8.63. The van der Waals surface area contributed by atoms with Crippen LogP contribution in [0.4, 0.5) is 0 Å². The van der Waals surface area contributed by atoms with Gasteiger partial charge in [0.25, 0.3) is 0 Å². The quantitative estimate of drug-likeness (QED) is 0.611. The smallest absolute Gasteiger partial charge is 0.0235 e. The third-order valence-electron chi connectivity index (χ3n) is 3.93. The van der Waals surface area contributed by atoms with Crippen molar-refractivity contribution in [1.82, 2.24) is 5.32 Å². The molecule has 0 spiro atoms. The summed E-state index contributed by atoms with van der Waals surface area (Å²) in [5.74, 6) is 0.742. The molecule has 1 aliphatic carbocycles. The van der Waals surface area contributed by atoms with E-state index in [0.717, 1.165) is 25.4 Å². The van der Waals surface area contributed by atoms with Gasteiger partial charge in [-0.2, -0.15) is 0 Å². The maximum absolute atomic E-state index is 5.69. The lowest BCUT2D eigenvalue weighted by Gasteiger charge is -2.26. The van der Waals surface area contributed by atoms with Gasteiger partial charge in [-0.05, 0) is 48.9 Å². The summed E-state index contributed by atoms with van der Waals surface area (Å²) < 4.78 is 0. The molecule has 0 aromatic heterocycles. The van der Waals surface area contributed by atoms with Crippen molar-refractivity contribution in [3.8, 4) is 0 Å². The van der Waals surface area contributed by atoms with Gasteiger partial charge in [-0.3, -0.25) is 0 Å². The predicted molar refractivity (Wildman–Crippen MR) is 79.7 cm³/mol. The molecule has 0 aliphatic heterocycles. The summed E-state index contributed by atoms with van der Waals surface area (Å²) >= 11 is 5.69. The van der Waals surface area contributed by atoms with E-state index in [-0.39, 0.29) is 5.41 Å². The van der Waals surface area contributed by atoms with Crippen molar-refractivity contribution >= 4 is 11.6 Å². The summed E-state index contributed by atoms with van der Waals surface area (Å²) in [6.07, 6.45) is 4.90. The fourth-order valence-electron chi connectivity index (χ4n) is 2.69. The zero-order valence-electron chi connectivity index (χ0n) is 11.6. The summed E-state index contributed by atoms with van der Waals surface area (Å²) in [5, 5.41) is 3.51. The Bertz CT molecular complexity index is 398. The van der Waals surface area contributed by atoms with Crippen molar-refractivity contribution in [2.45, 2.75) is 44.9 Å². The molecule has 0 atom stereocenters. The minimum atomic E-state index is 0.198. The normalized spacial score (nSPS) is 14.8. The standard InChI is InChI=1S/C16H24ClN/c1-16(2,12-18-10-4-9-17)15-8-7-13-5-3-6-14(13)11-15/h7-8,11,18H,3-6,9-10,12H2,1-2H3. The van der Waals surface area contributed by atoms with Crippen LogP contribution in [-0.2, 0) is 18.3 Å². The van der Waals surface area contributed by atoms with Gasteiger partial charge < -0.3 is 5.32 Å². The number of nitrogens with one attached hydrogen (secondary N) is 1. The monoisotopic (exact) mass is 265 g/mol. The van der Waals surface area contributed by atoms with E-state index in [2.05, 4.69) is 37.4 Å². The molecule has 0 amide bonds. The fourth-order valence-corrected chi connectivity index (χ4v) is 2.82. The Kier molecular flexibility index (Phi) is 4.69. The number of hydrogen-bond acceptors (Lipinski definition) is 1. The molecule has 0 heterocycles. The van der Waals surface area contributed by atoms with Gasteiger partial charge in [0, 0.05) is 17.8 Å². The van der Waals surface area contributed by atoms with Crippen molar-refractivity contribution in [1.29, 1.82) is 0 Å². The Morgan fingerprint density at radius 3 is 2.78 bits per heavy atom. The number of rotatable bonds is 6. The Hall–Kier alpha value is -0.530. The minimum absolute atomic E-state index is 0.198.